The number of furan rings is 1. The zero-order valence-electron chi connectivity index (χ0n) is 41.8. The van der Waals surface area contributed by atoms with Crippen LogP contribution in [-0.2, 0) is 27.1 Å². The van der Waals surface area contributed by atoms with Crippen LogP contribution in [0.25, 0.3) is 76.2 Å². The van der Waals surface area contributed by atoms with Crippen LogP contribution in [0, 0.1) is 0 Å². The summed E-state index contributed by atoms with van der Waals surface area (Å²) < 4.78 is 10.2. The van der Waals surface area contributed by atoms with Gasteiger partial charge in [-0.2, -0.15) is 0 Å². The van der Waals surface area contributed by atoms with Crippen molar-refractivity contribution in [3.05, 3.63) is 137 Å². The maximum atomic E-state index is 7.49. The van der Waals surface area contributed by atoms with Gasteiger partial charge in [0.2, 0.25) is 0 Å². The molecule has 330 valence electrons. The van der Waals surface area contributed by atoms with Crippen molar-refractivity contribution in [1.29, 1.82) is 0 Å². The molecule has 0 unspecified atom stereocenters. The van der Waals surface area contributed by atoms with Gasteiger partial charge in [-0.1, -0.05) is 165 Å². The predicted molar refractivity (Wildman–Crippen MR) is 287 cm³/mol. The van der Waals surface area contributed by atoms with Crippen LogP contribution in [0.5, 0.6) is 0 Å². The smallest absolute Gasteiger partial charge is 0.376 e. The van der Waals surface area contributed by atoms with Gasteiger partial charge in [0.25, 0.3) is 0 Å². The number of aromatic nitrogens is 1. The third-order valence-corrected chi connectivity index (χ3v) is 15.4. The molecule has 0 amide bonds. The molecule has 0 bridgehead atoms. The number of anilines is 3. The Kier molecular flexibility index (Phi) is 8.11. The molecule has 0 radical (unpaired) electrons. The molecule has 12 rings (SSSR count). The summed E-state index contributed by atoms with van der Waals surface area (Å²) in [7, 11) is 0. The van der Waals surface area contributed by atoms with Gasteiger partial charge < -0.3 is 13.8 Å². The lowest BCUT2D eigenvalue weighted by Gasteiger charge is -2.40. The molecular weight excluding hydrogens is 800 g/mol. The molecule has 0 fully saturated rings. The van der Waals surface area contributed by atoms with Crippen molar-refractivity contribution in [3.8, 4) is 11.1 Å². The lowest BCUT2D eigenvalue weighted by Crippen LogP contribution is -2.56. The molecule has 3 nitrogen and oxygen atoms in total. The number of rotatable bonds is 1. The molecule has 0 N–H and O–H groups in total. The molecule has 0 aliphatic carbocycles. The van der Waals surface area contributed by atoms with E-state index in [1.165, 1.54) is 104 Å². The van der Waals surface area contributed by atoms with Crippen LogP contribution in [0.15, 0.2) is 114 Å². The Labute approximate surface area is 391 Å². The second-order valence-corrected chi connectivity index (χ2v) is 25.1. The Morgan fingerprint density at radius 3 is 1.56 bits per heavy atom. The van der Waals surface area contributed by atoms with Crippen LogP contribution in [0.4, 0.5) is 17.1 Å². The lowest BCUT2D eigenvalue weighted by atomic mass is 9.47. The van der Waals surface area contributed by atoms with Crippen molar-refractivity contribution in [2.75, 3.05) is 4.90 Å². The van der Waals surface area contributed by atoms with Gasteiger partial charge in [0, 0.05) is 49.2 Å². The Hall–Kier alpha value is -6.00. The van der Waals surface area contributed by atoms with E-state index in [1.54, 1.807) is 0 Å². The number of hydrogen-bond acceptors (Lipinski definition) is 2. The molecule has 0 saturated heterocycles. The average molecular weight is 863 g/mol. The van der Waals surface area contributed by atoms with Crippen LogP contribution in [0.1, 0.15) is 132 Å². The van der Waals surface area contributed by atoms with E-state index in [0.717, 1.165) is 28.0 Å². The number of hydrogen-bond donors (Lipinski definition) is 0. The first-order chi connectivity index (χ1) is 30.9. The second kappa shape index (κ2) is 12.9. The van der Waals surface area contributed by atoms with Gasteiger partial charge in [-0.25, -0.2) is 0 Å². The highest BCUT2D eigenvalue weighted by Crippen LogP contribution is 2.54. The summed E-state index contributed by atoms with van der Waals surface area (Å²) >= 11 is 0. The van der Waals surface area contributed by atoms with Crippen LogP contribution in [0.2, 0.25) is 0 Å². The highest BCUT2D eigenvalue weighted by Gasteiger charge is 2.48. The monoisotopic (exact) mass is 863 g/mol. The minimum atomic E-state index is -0.219. The minimum Gasteiger partial charge on any atom is -0.466 e. The third-order valence-electron chi connectivity index (χ3n) is 15.4. The molecule has 66 heavy (non-hydrogen) atoms. The first-order valence-electron chi connectivity index (χ1n) is 24.3. The van der Waals surface area contributed by atoms with E-state index in [0.29, 0.717) is 0 Å². The number of nitrogens with zero attached hydrogens (tertiary/aromatic N) is 2. The summed E-state index contributed by atoms with van der Waals surface area (Å²) in [6, 6.07) is 43.4. The average Bonchev–Trinajstić information content (AvgIpc) is 3.78. The first-order valence-corrected chi connectivity index (χ1v) is 24.3. The van der Waals surface area contributed by atoms with Gasteiger partial charge in [-0.3, -0.25) is 0 Å². The Balaban J connectivity index is 1.34. The molecule has 10 aromatic rings. The number of benzene rings is 8. The minimum absolute atomic E-state index is 0.00769. The quantitative estimate of drug-likeness (QED) is 0.121. The Morgan fingerprint density at radius 2 is 0.955 bits per heavy atom. The van der Waals surface area contributed by atoms with Crippen molar-refractivity contribution in [1.82, 2.24) is 4.48 Å². The van der Waals surface area contributed by atoms with Crippen molar-refractivity contribution in [2.45, 2.75) is 131 Å². The van der Waals surface area contributed by atoms with E-state index in [2.05, 4.69) is 222 Å². The molecular formula is C62H63BN2O. The highest BCUT2D eigenvalue weighted by atomic mass is 16.3. The molecule has 2 aliphatic heterocycles. The molecule has 0 spiro atoms. The molecule has 0 atom stereocenters. The topological polar surface area (TPSA) is 21.3 Å². The van der Waals surface area contributed by atoms with Crippen LogP contribution in [0.3, 0.4) is 0 Å². The van der Waals surface area contributed by atoms with Crippen molar-refractivity contribution in [3.63, 3.8) is 0 Å². The molecule has 8 aromatic carbocycles. The lowest BCUT2D eigenvalue weighted by molar-refractivity contribution is 0.590. The zero-order valence-corrected chi connectivity index (χ0v) is 41.8. The van der Waals surface area contributed by atoms with E-state index in [1.807, 2.05) is 0 Å². The fraction of sp³-hybridized carbons (Fsp3) is 0.323. The first kappa shape index (κ1) is 41.4. The van der Waals surface area contributed by atoms with E-state index in [4.69, 9.17) is 4.42 Å². The van der Waals surface area contributed by atoms with Crippen LogP contribution in [-0.4, -0.2) is 11.3 Å². The largest absolute Gasteiger partial charge is 0.466 e. The standard InChI is InChI=1S/C62H63BN2O/c1-58(2,3)36-18-22-41(23-19-36)64-55-43-25-17-35-29-39(61(10,11)12)28-34-16-24-42(51(43)50(34)35)52-47-33-40(62(13,14)15)32-45-44-30-37(59(4,5)6)20-26-48(44)65(54(45)47)63(53(52)55)57-56(64)46-31-38(60(7,8)9)21-27-49(46)66-57/h16-33H,1-15H3. The zero-order chi connectivity index (χ0) is 46.5. The summed E-state index contributed by atoms with van der Waals surface area (Å²) in [4.78, 5) is 2.61. The molecule has 2 aliphatic rings. The van der Waals surface area contributed by atoms with Crippen molar-refractivity contribution < 1.29 is 4.42 Å². The van der Waals surface area contributed by atoms with E-state index < -0.39 is 0 Å². The Bertz CT molecular complexity index is 3690. The fourth-order valence-electron chi connectivity index (χ4n) is 11.6. The maximum Gasteiger partial charge on any atom is 0.376 e. The van der Waals surface area contributed by atoms with Crippen molar-refractivity contribution in [2.24, 2.45) is 0 Å². The van der Waals surface area contributed by atoms with Gasteiger partial charge in [-0.15, -0.1) is 0 Å². The second-order valence-electron chi connectivity index (χ2n) is 25.1. The summed E-state index contributed by atoms with van der Waals surface area (Å²) in [6.07, 6.45) is 0. The van der Waals surface area contributed by atoms with Gasteiger partial charge in [0.1, 0.15) is 11.2 Å². The maximum absolute atomic E-state index is 7.49. The van der Waals surface area contributed by atoms with Crippen LogP contribution < -0.4 is 16.0 Å². The van der Waals surface area contributed by atoms with Gasteiger partial charge in [-0.05, 0) is 136 Å². The van der Waals surface area contributed by atoms with E-state index >= 15 is 0 Å². The molecule has 4 heteroatoms. The molecule has 0 saturated carbocycles. The highest BCUT2D eigenvalue weighted by molar-refractivity contribution is 6.90. The summed E-state index contributed by atoms with van der Waals surface area (Å²) in [5.74, 6) is 0. The molecule has 4 heterocycles. The normalized spacial score (nSPS) is 14.5. The Morgan fingerprint density at radius 1 is 0.424 bits per heavy atom. The van der Waals surface area contributed by atoms with Gasteiger partial charge >= 0.3 is 6.85 Å². The SMILES string of the molecule is CC(C)(C)c1ccc(N2c3c(oc4ccc(C(C)(C)C)cc34)B3c4c(c5ccc6cc(C(C)(C)C)cc7ccc(c42)c5c67)-c2cc(C(C)(C)C)cc4c5cc(C(C)(C)C)ccc5n3c24)cc1. The van der Waals surface area contributed by atoms with Crippen molar-refractivity contribution >= 4 is 100 Å². The summed E-state index contributed by atoms with van der Waals surface area (Å²) in [6.45, 7) is 34.8. The van der Waals surface area contributed by atoms with E-state index in [9.17, 15) is 0 Å². The summed E-state index contributed by atoms with van der Waals surface area (Å²) in [5, 5.41) is 11.7. The number of fused-ring (bicyclic) bond motifs is 11. The summed E-state index contributed by atoms with van der Waals surface area (Å²) in [5.41, 5.74) is 18.5. The predicted octanol–water partition coefficient (Wildman–Crippen LogP) is 16.3. The third kappa shape index (κ3) is 5.69. The van der Waals surface area contributed by atoms with Gasteiger partial charge in [0.15, 0.2) is 0 Å². The molecule has 2 aromatic heterocycles. The van der Waals surface area contributed by atoms with Gasteiger partial charge in [0.05, 0.1) is 11.4 Å². The van der Waals surface area contributed by atoms with E-state index in [-0.39, 0.29) is 33.9 Å². The van der Waals surface area contributed by atoms with Crippen LogP contribution >= 0.6 is 0 Å². The fourth-order valence-corrected chi connectivity index (χ4v) is 11.6.